The van der Waals surface area contributed by atoms with Crippen LogP contribution in [0.5, 0.6) is 11.5 Å². The van der Waals surface area contributed by atoms with Crippen molar-refractivity contribution in [1.29, 1.82) is 0 Å². The van der Waals surface area contributed by atoms with Crippen LogP contribution in [-0.4, -0.2) is 35.2 Å². The van der Waals surface area contributed by atoms with Crippen molar-refractivity contribution in [2.45, 2.75) is 20.4 Å². The van der Waals surface area contributed by atoms with Crippen LogP contribution in [0.1, 0.15) is 23.6 Å². The maximum Gasteiger partial charge on any atom is 0.293 e. The Hall–Kier alpha value is -2.80. The van der Waals surface area contributed by atoms with Gasteiger partial charge in [0.2, 0.25) is 0 Å². The van der Waals surface area contributed by atoms with Crippen LogP contribution in [0.2, 0.25) is 10.0 Å². The number of benzene rings is 3. The van der Waals surface area contributed by atoms with Crippen LogP contribution in [-0.2, 0) is 16.1 Å². The minimum absolute atomic E-state index is 0.0769. The molecule has 3 aromatic rings. The first-order valence-corrected chi connectivity index (χ1v) is 14.5. The molecule has 1 aliphatic rings. The smallest absolute Gasteiger partial charge is 0.293 e. The van der Waals surface area contributed by atoms with Crippen molar-refractivity contribution in [2.24, 2.45) is 0 Å². The number of ether oxygens (including phenoxy) is 2. The van der Waals surface area contributed by atoms with Crippen molar-refractivity contribution in [3.8, 4) is 11.5 Å². The first-order chi connectivity index (χ1) is 19.0. The number of hydrogen-bond acceptors (Lipinski definition) is 6. The van der Waals surface area contributed by atoms with Crippen LogP contribution < -0.4 is 14.8 Å². The molecule has 208 valence electrons. The number of carbonyl (C=O) groups is 3. The van der Waals surface area contributed by atoms with E-state index in [1.54, 1.807) is 36.4 Å². The van der Waals surface area contributed by atoms with Crippen LogP contribution in [0.4, 0.5) is 14.9 Å². The molecule has 0 atom stereocenters. The normalized spacial score (nSPS) is 14.2. The molecule has 0 unspecified atom stereocenters. The summed E-state index contributed by atoms with van der Waals surface area (Å²) in [6.07, 6.45) is 1.58. The molecular formula is C28H22Cl2FIN2O5S. The fourth-order valence-electron chi connectivity index (χ4n) is 3.69. The summed E-state index contributed by atoms with van der Waals surface area (Å²) in [7, 11) is 0. The van der Waals surface area contributed by atoms with Crippen molar-refractivity contribution in [3.05, 3.63) is 89.6 Å². The molecule has 0 bridgehead atoms. The molecule has 0 radical (unpaired) electrons. The van der Waals surface area contributed by atoms with Gasteiger partial charge in [-0.25, -0.2) is 4.39 Å². The van der Waals surface area contributed by atoms with Gasteiger partial charge in [0.1, 0.15) is 5.82 Å². The number of amides is 3. The Morgan fingerprint density at radius 1 is 1.10 bits per heavy atom. The van der Waals surface area contributed by atoms with Gasteiger partial charge in [-0.1, -0.05) is 35.3 Å². The predicted octanol–water partition coefficient (Wildman–Crippen LogP) is 7.70. The minimum atomic E-state index is -0.508. The van der Waals surface area contributed by atoms with Gasteiger partial charge in [-0.2, -0.15) is 0 Å². The van der Waals surface area contributed by atoms with Crippen molar-refractivity contribution >= 4 is 86.4 Å². The maximum absolute atomic E-state index is 13.4. The molecule has 7 nitrogen and oxygen atoms in total. The zero-order valence-corrected chi connectivity index (χ0v) is 25.7. The third kappa shape index (κ3) is 7.28. The Kier molecular flexibility index (Phi) is 9.99. The van der Waals surface area contributed by atoms with Crippen LogP contribution in [0, 0.1) is 16.3 Å². The van der Waals surface area contributed by atoms with Crippen LogP contribution >= 0.6 is 57.6 Å². The minimum Gasteiger partial charge on any atom is -0.490 e. The molecule has 1 heterocycles. The average molecular weight is 715 g/mol. The summed E-state index contributed by atoms with van der Waals surface area (Å²) in [6.45, 7) is 3.66. The Morgan fingerprint density at radius 3 is 2.58 bits per heavy atom. The van der Waals surface area contributed by atoms with Crippen molar-refractivity contribution in [3.63, 3.8) is 0 Å². The number of nitrogens with zero attached hydrogens (tertiary/aromatic N) is 1. The number of halogens is 4. The van der Waals surface area contributed by atoms with Gasteiger partial charge in [-0.3, -0.25) is 19.3 Å². The molecule has 0 spiro atoms. The Balaban J connectivity index is 1.49. The molecule has 1 aliphatic heterocycles. The monoisotopic (exact) mass is 714 g/mol. The van der Waals surface area contributed by atoms with E-state index in [0.29, 0.717) is 43.5 Å². The van der Waals surface area contributed by atoms with Crippen LogP contribution in [0.15, 0.2) is 53.4 Å². The number of anilines is 1. The van der Waals surface area contributed by atoms with Gasteiger partial charge in [0.15, 0.2) is 18.1 Å². The highest BCUT2D eigenvalue weighted by Crippen LogP contribution is 2.38. The summed E-state index contributed by atoms with van der Waals surface area (Å²) < 4.78 is 25.6. The lowest BCUT2D eigenvalue weighted by atomic mass is 10.1. The van der Waals surface area contributed by atoms with Crippen molar-refractivity contribution < 1.29 is 28.2 Å². The molecule has 40 heavy (non-hydrogen) atoms. The third-order valence-corrected chi connectivity index (χ3v) is 8.12. The van der Waals surface area contributed by atoms with Gasteiger partial charge in [-0.05, 0) is 107 Å². The second-order valence-electron chi connectivity index (χ2n) is 8.57. The summed E-state index contributed by atoms with van der Waals surface area (Å²) in [5, 5.41) is 2.95. The Morgan fingerprint density at radius 2 is 1.88 bits per heavy atom. The predicted molar refractivity (Wildman–Crippen MR) is 164 cm³/mol. The van der Waals surface area contributed by atoms with Gasteiger partial charge in [0.25, 0.3) is 17.1 Å². The van der Waals surface area contributed by atoms with Gasteiger partial charge in [0.05, 0.1) is 21.6 Å². The molecule has 4 rings (SSSR count). The number of imide groups is 1. The number of carbonyl (C=O) groups excluding carboxylic acids is 3. The maximum atomic E-state index is 13.4. The van der Waals surface area contributed by atoms with E-state index >= 15 is 0 Å². The van der Waals surface area contributed by atoms with Gasteiger partial charge < -0.3 is 14.8 Å². The second-order valence-corrected chi connectivity index (χ2v) is 11.5. The molecule has 1 saturated heterocycles. The average Bonchev–Trinajstić information content (AvgIpc) is 3.14. The molecule has 3 aromatic carbocycles. The SMILES string of the molecule is CCOc1cc(/C=C2\SC(=O)N(Cc3ccc(F)cc3Cl)C2=O)cc(I)c1OCC(=O)Nc1ccc(C)c(Cl)c1. The molecule has 0 aromatic heterocycles. The Labute approximate surface area is 258 Å². The highest BCUT2D eigenvalue weighted by atomic mass is 127. The fraction of sp³-hybridized carbons (Fsp3) is 0.179. The van der Waals surface area contributed by atoms with Gasteiger partial charge in [-0.15, -0.1) is 0 Å². The van der Waals surface area contributed by atoms with Crippen LogP contribution in [0.25, 0.3) is 6.08 Å². The summed E-state index contributed by atoms with van der Waals surface area (Å²) >= 11 is 15.1. The first kappa shape index (κ1) is 30.2. The van der Waals surface area contributed by atoms with E-state index in [-0.39, 0.29) is 29.0 Å². The molecule has 12 heteroatoms. The van der Waals surface area contributed by atoms with E-state index in [1.165, 1.54) is 12.1 Å². The number of rotatable bonds is 9. The number of aryl methyl sites for hydroxylation is 1. The second kappa shape index (κ2) is 13.2. The highest BCUT2D eigenvalue weighted by Gasteiger charge is 2.35. The van der Waals surface area contributed by atoms with Crippen LogP contribution in [0.3, 0.4) is 0 Å². The topological polar surface area (TPSA) is 84.9 Å². The van der Waals surface area contributed by atoms with E-state index in [2.05, 4.69) is 27.9 Å². The molecule has 0 aliphatic carbocycles. The largest absolute Gasteiger partial charge is 0.490 e. The van der Waals surface area contributed by atoms with Gasteiger partial charge in [0, 0.05) is 15.7 Å². The summed E-state index contributed by atoms with van der Waals surface area (Å²) in [5.41, 5.74) is 2.50. The molecule has 1 fully saturated rings. The molecule has 3 amide bonds. The number of hydrogen-bond donors (Lipinski definition) is 1. The lowest BCUT2D eigenvalue weighted by Crippen LogP contribution is -2.27. The highest BCUT2D eigenvalue weighted by molar-refractivity contribution is 14.1. The zero-order valence-electron chi connectivity index (χ0n) is 21.2. The lowest BCUT2D eigenvalue weighted by molar-refractivity contribution is -0.123. The quantitative estimate of drug-likeness (QED) is 0.181. The number of nitrogens with one attached hydrogen (secondary N) is 1. The van der Waals surface area contributed by atoms with Gasteiger partial charge >= 0.3 is 0 Å². The van der Waals surface area contributed by atoms with E-state index in [1.807, 2.05) is 13.8 Å². The van der Waals surface area contributed by atoms with E-state index in [9.17, 15) is 18.8 Å². The lowest BCUT2D eigenvalue weighted by Gasteiger charge is -2.15. The summed E-state index contributed by atoms with van der Waals surface area (Å²) in [6, 6.07) is 12.4. The first-order valence-electron chi connectivity index (χ1n) is 11.9. The summed E-state index contributed by atoms with van der Waals surface area (Å²) in [4.78, 5) is 39.4. The van der Waals surface area contributed by atoms with Crippen molar-refractivity contribution in [2.75, 3.05) is 18.5 Å². The molecule has 0 saturated carbocycles. The Bertz CT molecular complexity index is 1530. The van der Waals surface area contributed by atoms with E-state index < -0.39 is 17.0 Å². The van der Waals surface area contributed by atoms with E-state index in [4.69, 9.17) is 32.7 Å². The van der Waals surface area contributed by atoms with E-state index in [0.717, 1.165) is 28.3 Å². The molecule has 1 N–H and O–H groups in total. The number of thioether (sulfide) groups is 1. The van der Waals surface area contributed by atoms with Crippen molar-refractivity contribution in [1.82, 2.24) is 4.90 Å². The summed E-state index contributed by atoms with van der Waals surface area (Å²) in [5.74, 6) is -0.625. The zero-order chi connectivity index (χ0) is 29.0. The fourth-order valence-corrected chi connectivity index (χ4v) is 5.71. The molecular weight excluding hydrogens is 693 g/mol. The third-order valence-electron chi connectivity index (χ3n) is 5.65. The standard InChI is InChI=1S/C28H22Cl2FIN2O5S/c1-3-38-23-9-16(8-22(32)26(23)39-14-25(35)33-19-7-4-15(2)20(29)12-19)10-24-27(36)34(28(37)40-24)13-17-5-6-18(31)11-21(17)30/h4-12H,3,13-14H2,1-2H3,(H,33,35)/b24-10-.